The number of nitrogens with zero attached hydrogens (tertiary/aromatic N) is 4. The van der Waals surface area contributed by atoms with E-state index < -0.39 is 0 Å². The van der Waals surface area contributed by atoms with E-state index in [1.807, 2.05) is 17.9 Å². The molecule has 4 rings (SSSR count). The Balaban J connectivity index is 1.46. The first-order valence-electron chi connectivity index (χ1n) is 10.6. The Morgan fingerprint density at radius 1 is 1.15 bits per heavy atom. The first kappa shape index (κ1) is 18.7. The molecule has 1 aliphatic carbocycles. The molecule has 0 radical (unpaired) electrons. The van der Waals surface area contributed by atoms with E-state index >= 15 is 0 Å². The molecule has 6 nitrogen and oxygen atoms in total. The van der Waals surface area contributed by atoms with E-state index in [2.05, 4.69) is 21.1 Å². The van der Waals surface area contributed by atoms with E-state index in [9.17, 15) is 9.59 Å². The van der Waals surface area contributed by atoms with Crippen LogP contribution in [0, 0.1) is 11.8 Å². The van der Waals surface area contributed by atoms with Crippen LogP contribution in [0.5, 0.6) is 0 Å². The van der Waals surface area contributed by atoms with Gasteiger partial charge in [-0.05, 0) is 43.6 Å². The molecule has 6 heteroatoms. The molecule has 3 heterocycles. The lowest BCUT2D eigenvalue weighted by atomic mass is 9.88. The summed E-state index contributed by atoms with van der Waals surface area (Å²) in [6.45, 7) is 4.63. The zero-order valence-electron chi connectivity index (χ0n) is 16.5. The number of aromatic nitrogens is 2. The maximum atomic E-state index is 13.3. The van der Waals surface area contributed by atoms with Crippen LogP contribution in [0.15, 0.2) is 12.4 Å². The van der Waals surface area contributed by atoms with Gasteiger partial charge in [0.1, 0.15) is 5.78 Å². The van der Waals surface area contributed by atoms with Crippen molar-refractivity contribution in [1.82, 2.24) is 19.6 Å². The lowest BCUT2D eigenvalue weighted by Gasteiger charge is -2.31. The fraction of sp³-hybridized carbons (Fsp3) is 0.762. The van der Waals surface area contributed by atoms with E-state index in [1.165, 1.54) is 12.0 Å². The summed E-state index contributed by atoms with van der Waals surface area (Å²) in [7, 11) is 1.94. The van der Waals surface area contributed by atoms with Crippen molar-refractivity contribution in [3.63, 3.8) is 0 Å². The van der Waals surface area contributed by atoms with Gasteiger partial charge in [-0.25, -0.2) is 0 Å². The van der Waals surface area contributed by atoms with Gasteiger partial charge in [-0.15, -0.1) is 0 Å². The van der Waals surface area contributed by atoms with Crippen LogP contribution >= 0.6 is 0 Å². The number of aryl methyl sites for hydroxylation is 1. The summed E-state index contributed by atoms with van der Waals surface area (Å²) in [5, 5.41) is 4.35. The molecular formula is C21H32N4O2. The number of hydrogen-bond acceptors (Lipinski definition) is 4. The highest BCUT2D eigenvalue weighted by atomic mass is 16.2. The van der Waals surface area contributed by atoms with Crippen molar-refractivity contribution in [2.24, 2.45) is 18.9 Å². The molecule has 2 aliphatic heterocycles. The number of likely N-dealkylation sites (tertiary alicyclic amines) is 2. The molecule has 148 valence electrons. The van der Waals surface area contributed by atoms with Crippen LogP contribution in [0.25, 0.3) is 0 Å². The van der Waals surface area contributed by atoms with Gasteiger partial charge in [-0.1, -0.05) is 0 Å². The molecule has 2 atom stereocenters. The first-order valence-corrected chi connectivity index (χ1v) is 10.6. The molecular weight excluding hydrogens is 340 g/mol. The van der Waals surface area contributed by atoms with Crippen LogP contribution in [-0.4, -0.2) is 64.0 Å². The van der Waals surface area contributed by atoms with Gasteiger partial charge in [-0.3, -0.25) is 14.3 Å². The quantitative estimate of drug-likeness (QED) is 0.813. The lowest BCUT2D eigenvalue weighted by Crippen LogP contribution is -2.42. The summed E-state index contributed by atoms with van der Waals surface area (Å²) in [6.07, 6.45) is 11.0. The van der Waals surface area contributed by atoms with Crippen LogP contribution in [-0.2, 0) is 16.6 Å². The Hall–Kier alpha value is -1.69. The maximum Gasteiger partial charge on any atom is 0.227 e. The smallest absolute Gasteiger partial charge is 0.227 e. The number of hydrogen-bond donors (Lipinski definition) is 0. The summed E-state index contributed by atoms with van der Waals surface area (Å²) in [5.41, 5.74) is 1.19. The molecule has 1 saturated carbocycles. The molecule has 2 saturated heterocycles. The average Bonchev–Trinajstić information content (AvgIpc) is 3.30. The zero-order valence-corrected chi connectivity index (χ0v) is 16.5. The fourth-order valence-corrected chi connectivity index (χ4v) is 5.15. The van der Waals surface area contributed by atoms with Crippen molar-refractivity contribution in [3.8, 4) is 0 Å². The predicted octanol–water partition coefficient (Wildman–Crippen LogP) is 2.21. The third-order valence-corrected chi connectivity index (χ3v) is 6.71. The highest BCUT2D eigenvalue weighted by Crippen LogP contribution is 2.36. The Labute approximate surface area is 161 Å². The molecule has 1 aromatic heterocycles. The molecule has 0 bridgehead atoms. The molecule has 1 aromatic rings. The molecule has 0 unspecified atom stereocenters. The van der Waals surface area contributed by atoms with Crippen LogP contribution in [0.2, 0.25) is 0 Å². The van der Waals surface area contributed by atoms with Crippen molar-refractivity contribution in [2.75, 3.05) is 32.7 Å². The molecule has 0 aromatic carbocycles. The second-order valence-corrected chi connectivity index (χ2v) is 8.75. The number of rotatable bonds is 4. The number of ketones is 1. The first-order chi connectivity index (χ1) is 13.1. The van der Waals surface area contributed by atoms with Gasteiger partial charge < -0.3 is 9.80 Å². The zero-order chi connectivity index (χ0) is 18.8. The van der Waals surface area contributed by atoms with Gasteiger partial charge in [0.15, 0.2) is 0 Å². The fourth-order valence-electron chi connectivity index (χ4n) is 5.15. The van der Waals surface area contributed by atoms with E-state index in [0.29, 0.717) is 17.6 Å². The SMILES string of the molecule is Cn1cc([C@@H]2CN(CC3CCC(=O)CC3)C[C@H]2C(=O)N2CCCCC2)cn1. The lowest BCUT2D eigenvalue weighted by molar-refractivity contribution is -0.136. The van der Waals surface area contributed by atoms with Gasteiger partial charge in [0, 0.05) is 64.7 Å². The number of amides is 1. The average molecular weight is 373 g/mol. The minimum atomic E-state index is 0.0394. The van der Waals surface area contributed by atoms with E-state index in [-0.39, 0.29) is 11.8 Å². The number of Topliss-reactive ketones (excluding diaryl/α,β-unsaturated/α-hetero) is 1. The minimum Gasteiger partial charge on any atom is -0.342 e. The maximum absolute atomic E-state index is 13.3. The van der Waals surface area contributed by atoms with E-state index in [1.54, 1.807) is 0 Å². The third kappa shape index (κ3) is 4.26. The molecule has 3 fully saturated rings. The van der Waals surface area contributed by atoms with Crippen molar-refractivity contribution in [2.45, 2.75) is 50.9 Å². The molecule has 27 heavy (non-hydrogen) atoms. The summed E-state index contributed by atoms with van der Waals surface area (Å²) in [5.74, 6) is 1.63. The highest BCUT2D eigenvalue weighted by molar-refractivity contribution is 5.81. The Morgan fingerprint density at radius 2 is 1.89 bits per heavy atom. The second-order valence-electron chi connectivity index (χ2n) is 8.75. The van der Waals surface area contributed by atoms with Gasteiger partial charge in [0.2, 0.25) is 5.91 Å². The van der Waals surface area contributed by atoms with Gasteiger partial charge in [-0.2, -0.15) is 5.10 Å². The van der Waals surface area contributed by atoms with Crippen LogP contribution in [0.4, 0.5) is 0 Å². The van der Waals surface area contributed by atoms with E-state index in [4.69, 9.17) is 0 Å². The summed E-state index contributed by atoms with van der Waals surface area (Å²) < 4.78 is 1.84. The Kier molecular flexibility index (Phi) is 5.62. The van der Waals surface area contributed by atoms with Gasteiger partial charge in [0.05, 0.1) is 12.1 Å². The second kappa shape index (κ2) is 8.13. The predicted molar refractivity (Wildman–Crippen MR) is 103 cm³/mol. The highest BCUT2D eigenvalue weighted by Gasteiger charge is 2.41. The van der Waals surface area contributed by atoms with Gasteiger partial charge in [0.25, 0.3) is 0 Å². The summed E-state index contributed by atoms with van der Waals surface area (Å²) >= 11 is 0. The van der Waals surface area contributed by atoms with Crippen molar-refractivity contribution < 1.29 is 9.59 Å². The molecule has 0 N–H and O–H groups in total. The standard InChI is InChI=1S/C21H32N4O2/c1-23-13-17(11-22-23)19-14-24(12-16-5-7-18(26)8-6-16)15-20(19)21(27)25-9-3-2-4-10-25/h11,13,16,19-20H,2-10,12,14-15H2,1H3/t19-,20+/m0/s1. The summed E-state index contributed by atoms with van der Waals surface area (Å²) in [4.78, 5) is 29.4. The Morgan fingerprint density at radius 3 is 2.56 bits per heavy atom. The van der Waals surface area contributed by atoms with Crippen LogP contribution in [0.3, 0.4) is 0 Å². The van der Waals surface area contributed by atoms with Crippen molar-refractivity contribution >= 4 is 11.7 Å². The minimum absolute atomic E-state index is 0.0394. The largest absolute Gasteiger partial charge is 0.342 e. The Bertz CT molecular complexity index is 669. The third-order valence-electron chi connectivity index (χ3n) is 6.71. The molecule has 0 spiro atoms. The summed E-state index contributed by atoms with van der Waals surface area (Å²) in [6, 6.07) is 0. The number of piperidine rings is 1. The van der Waals surface area contributed by atoms with Crippen molar-refractivity contribution in [3.05, 3.63) is 18.0 Å². The number of carbonyl (C=O) groups is 2. The molecule has 1 amide bonds. The monoisotopic (exact) mass is 372 g/mol. The molecule has 3 aliphatic rings. The van der Waals surface area contributed by atoms with Gasteiger partial charge >= 0.3 is 0 Å². The number of carbonyl (C=O) groups excluding carboxylic acids is 2. The van der Waals surface area contributed by atoms with E-state index in [0.717, 1.165) is 71.2 Å². The van der Waals surface area contributed by atoms with Crippen LogP contribution in [0.1, 0.15) is 56.4 Å². The van der Waals surface area contributed by atoms with Crippen LogP contribution < -0.4 is 0 Å². The topological polar surface area (TPSA) is 58.4 Å². The normalized spacial score (nSPS) is 28.0. The van der Waals surface area contributed by atoms with Crippen molar-refractivity contribution in [1.29, 1.82) is 0 Å².